The van der Waals surface area contributed by atoms with Crippen molar-refractivity contribution in [3.63, 3.8) is 0 Å². The van der Waals surface area contributed by atoms with Gasteiger partial charge in [0.15, 0.2) is 5.69 Å². The van der Waals surface area contributed by atoms with Gasteiger partial charge in [0.1, 0.15) is 5.76 Å². The molecule has 1 aromatic rings. The van der Waals surface area contributed by atoms with Crippen LogP contribution in [0.2, 0.25) is 0 Å². The fraction of sp³-hybridized carbons (Fsp3) is 0.773. The van der Waals surface area contributed by atoms with Gasteiger partial charge in [-0.2, -0.15) is 0 Å². The van der Waals surface area contributed by atoms with Crippen LogP contribution in [0, 0.1) is 5.92 Å². The first-order valence-electron chi connectivity index (χ1n) is 11.2. The van der Waals surface area contributed by atoms with E-state index >= 15 is 0 Å². The lowest BCUT2D eigenvalue weighted by atomic mass is 9.86. The molecular weight excluding hydrogens is 354 g/mol. The van der Waals surface area contributed by atoms with Gasteiger partial charge in [-0.3, -0.25) is 9.59 Å². The predicted octanol–water partition coefficient (Wildman–Crippen LogP) is 4.02. The van der Waals surface area contributed by atoms with Crippen LogP contribution in [0.1, 0.15) is 99.7 Å². The molecule has 2 saturated carbocycles. The number of carbonyl (C=O) groups excluding carboxylic acids is 2. The van der Waals surface area contributed by atoms with E-state index in [9.17, 15) is 9.59 Å². The lowest BCUT2D eigenvalue weighted by Gasteiger charge is -2.41. The van der Waals surface area contributed by atoms with Crippen LogP contribution in [0.5, 0.6) is 0 Å². The second-order valence-corrected chi connectivity index (χ2v) is 8.89. The van der Waals surface area contributed by atoms with E-state index in [0.717, 1.165) is 63.7 Å². The van der Waals surface area contributed by atoms with Gasteiger partial charge in [0.25, 0.3) is 5.91 Å². The molecule has 2 atom stereocenters. The summed E-state index contributed by atoms with van der Waals surface area (Å²) in [6.07, 6.45) is 11.7. The summed E-state index contributed by atoms with van der Waals surface area (Å²) < 4.78 is 5.31. The number of nitrogens with zero attached hydrogens (tertiary/aromatic N) is 2. The summed E-state index contributed by atoms with van der Waals surface area (Å²) in [6.45, 7) is 2.91. The molecule has 1 N–H and O–H groups in total. The number of aromatic nitrogens is 1. The number of hydrogen-bond acceptors (Lipinski definition) is 4. The monoisotopic (exact) mass is 387 g/mol. The van der Waals surface area contributed by atoms with Crippen molar-refractivity contribution in [3.05, 3.63) is 17.5 Å². The van der Waals surface area contributed by atoms with E-state index in [2.05, 4.69) is 22.3 Å². The summed E-state index contributed by atoms with van der Waals surface area (Å²) in [4.78, 5) is 27.8. The maximum absolute atomic E-state index is 13.1. The molecule has 6 nitrogen and oxygen atoms in total. The van der Waals surface area contributed by atoms with Gasteiger partial charge in [-0.05, 0) is 44.9 Å². The Hall–Kier alpha value is -1.85. The van der Waals surface area contributed by atoms with Gasteiger partial charge in [0.05, 0.1) is 0 Å². The number of amides is 2. The second kappa shape index (κ2) is 8.66. The highest BCUT2D eigenvalue weighted by Crippen LogP contribution is 2.40. The molecule has 2 amide bonds. The Bertz CT molecular complexity index is 691. The van der Waals surface area contributed by atoms with E-state index < -0.39 is 0 Å². The van der Waals surface area contributed by atoms with Gasteiger partial charge in [0.2, 0.25) is 5.91 Å². The number of rotatable bonds is 6. The predicted molar refractivity (Wildman–Crippen MR) is 106 cm³/mol. The van der Waals surface area contributed by atoms with Gasteiger partial charge >= 0.3 is 0 Å². The number of likely N-dealkylation sites (tertiary alicyclic amines) is 1. The van der Waals surface area contributed by atoms with E-state index in [-0.39, 0.29) is 23.9 Å². The average molecular weight is 388 g/mol. The smallest absolute Gasteiger partial charge is 0.273 e. The first-order valence-corrected chi connectivity index (χ1v) is 11.2. The molecule has 3 aliphatic rings. The molecule has 2 aliphatic carbocycles. The van der Waals surface area contributed by atoms with Crippen molar-refractivity contribution in [2.45, 2.75) is 95.6 Å². The minimum atomic E-state index is -0.150. The Balaban J connectivity index is 1.35. The van der Waals surface area contributed by atoms with Gasteiger partial charge < -0.3 is 14.7 Å². The zero-order chi connectivity index (χ0) is 19.5. The normalized spacial score (nSPS) is 26.2. The molecule has 1 aromatic heterocycles. The molecule has 1 aliphatic heterocycles. The van der Waals surface area contributed by atoms with Crippen molar-refractivity contribution in [2.75, 3.05) is 6.54 Å². The Labute approximate surface area is 167 Å². The number of nitrogens with one attached hydrogen (secondary N) is 1. The van der Waals surface area contributed by atoms with Gasteiger partial charge in [-0.25, -0.2) is 0 Å². The topological polar surface area (TPSA) is 75.4 Å². The minimum Gasteiger partial charge on any atom is -0.360 e. The summed E-state index contributed by atoms with van der Waals surface area (Å²) >= 11 is 0. The summed E-state index contributed by atoms with van der Waals surface area (Å²) in [5, 5.41) is 7.09. The zero-order valence-electron chi connectivity index (χ0n) is 17.0. The van der Waals surface area contributed by atoms with Gasteiger partial charge in [-0.1, -0.05) is 37.8 Å². The highest BCUT2D eigenvalue weighted by atomic mass is 16.5. The highest BCUT2D eigenvalue weighted by Gasteiger charge is 2.36. The standard InChI is InChI=1S/C22H33N3O3/c1-2-6-18-13-17(11-12-25(18)22(27)16-7-4-3-5-8-16)23-21(26)19-14-20(28-24-19)15-9-10-15/h14-18H,2-13H2,1H3,(H,23,26). The number of hydrogen-bond donors (Lipinski definition) is 1. The first kappa shape index (κ1) is 19.5. The number of piperidine rings is 1. The van der Waals surface area contributed by atoms with Crippen LogP contribution in [0.4, 0.5) is 0 Å². The van der Waals surface area contributed by atoms with Crippen LogP contribution < -0.4 is 5.32 Å². The Morgan fingerprint density at radius 1 is 1.18 bits per heavy atom. The van der Waals surface area contributed by atoms with Gasteiger partial charge in [-0.15, -0.1) is 0 Å². The van der Waals surface area contributed by atoms with Crippen molar-refractivity contribution in [1.29, 1.82) is 0 Å². The third kappa shape index (κ3) is 4.41. The Morgan fingerprint density at radius 3 is 2.68 bits per heavy atom. The molecule has 2 heterocycles. The molecule has 28 heavy (non-hydrogen) atoms. The van der Waals surface area contributed by atoms with Crippen molar-refractivity contribution >= 4 is 11.8 Å². The molecule has 2 unspecified atom stereocenters. The van der Waals surface area contributed by atoms with Crippen molar-refractivity contribution in [1.82, 2.24) is 15.4 Å². The van der Waals surface area contributed by atoms with E-state index in [1.165, 1.54) is 19.3 Å². The maximum Gasteiger partial charge on any atom is 0.273 e. The molecular formula is C22H33N3O3. The summed E-state index contributed by atoms with van der Waals surface area (Å²) in [6, 6.07) is 2.12. The molecule has 0 bridgehead atoms. The SMILES string of the molecule is CCCC1CC(NC(=O)c2cc(C3CC3)on2)CCN1C(=O)C1CCCCC1. The van der Waals surface area contributed by atoms with Crippen LogP contribution in [-0.2, 0) is 4.79 Å². The van der Waals surface area contributed by atoms with E-state index in [4.69, 9.17) is 4.52 Å². The van der Waals surface area contributed by atoms with Crippen LogP contribution in [-0.4, -0.2) is 40.5 Å². The Kier molecular flexibility index (Phi) is 6.02. The van der Waals surface area contributed by atoms with E-state index in [1.807, 2.05) is 0 Å². The highest BCUT2D eigenvalue weighted by molar-refractivity contribution is 5.92. The fourth-order valence-corrected chi connectivity index (χ4v) is 4.88. The summed E-state index contributed by atoms with van der Waals surface area (Å²) in [7, 11) is 0. The summed E-state index contributed by atoms with van der Waals surface area (Å²) in [5.41, 5.74) is 0.384. The molecule has 0 spiro atoms. The molecule has 1 saturated heterocycles. The lowest BCUT2D eigenvalue weighted by Crippen LogP contribution is -2.53. The molecule has 6 heteroatoms. The molecule has 0 aromatic carbocycles. The largest absolute Gasteiger partial charge is 0.360 e. The van der Waals surface area contributed by atoms with Crippen molar-refractivity contribution in [2.24, 2.45) is 5.92 Å². The molecule has 0 radical (unpaired) electrons. The van der Waals surface area contributed by atoms with E-state index in [0.29, 0.717) is 17.5 Å². The average Bonchev–Trinajstić information content (AvgIpc) is 3.45. The molecule has 154 valence electrons. The van der Waals surface area contributed by atoms with Crippen LogP contribution in [0.25, 0.3) is 0 Å². The van der Waals surface area contributed by atoms with E-state index in [1.54, 1.807) is 6.07 Å². The number of carbonyl (C=O) groups is 2. The van der Waals surface area contributed by atoms with Crippen LogP contribution in [0.15, 0.2) is 10.6 Å². The second-order valence-electron chi connectivity index (χ2n) is 8.89. The molecule has 3 fully saturated rings. The van der Waals surface area contributed by atoms with Gasteiger partial charge in [0, 0.05) is 36.5 Å². The van der Waals surface area contributed by atoms with Crippen LogP contribution >= 0.6 is 0 Å². The Morgan fingerprint density at radius 2 is 1.96 bits per heavy atom. The zero-order valence-corrected chi connectivity index (χ0v) is 17.0. The maximum atomic E-state index is 13.1. The third-order valence-electron chi connectivity index (χ3n) is 6.65. The van der Waals surface area contributed by atoms with Crippen molar-refractivity contribution in [3.8, 4) is 0 Å². The first-order chi connectivity index (χ1) is 13.7. The van der Waals surface area contributed by atoms with Crippen molar-refractivity contribution < 1.29 is 14.1 Å². The van der Waals surface area contributed by atoms with Crippen LogP contribution in [0.3, 0.4) is 0 Å². The minimum absolute atomic E-state index is 0.0977. The summed E-state index contributed by atoms with van der Waals surface area (Å²) in [5.74, 6) is 1.71. The lowest BCUT2D eigenvalue weighted by molar-refractivity contribution is -0.140. The third-order valence-corrected chi connectivity index (χ3v) is 6.65. The fourth-order valence-electron chi connectivity index (χ4n) is 4.88. The quantitative estimate of drug-likeness (QED) is 0.800. The molecule has 4 rings (SSSR count).